The number of carboxylic acids is 1. The second kappa shape index (κ2) is 3.51. The number of carbonyl (C=O) groups is 1. The molecule has 0 amide bonds. The summed E-state index contributed by atoms with van der Waals surface area (Å²) in [5.41, 5.74) is 1.45. The number of hydrogen-bond acceptors (Lipinski definition) is 4. The Hall–Kier alpha value is -1.62. The van der Waals surface area contributed by atoms with Crippen molar-refractivity contribution in [3.8, 4) is 0 Å². The monoisotopic (exact) mass is 220 g/mol. The molecule has 0 bridgehead atoms. The van der Waals surface area contributed by atoms with Gasteiger partial charge in [0.1, 0.15) is 0 Å². The van der Waals surface area contributed by atoms with Crippen molar-refractivity contribution in [1.82, 2.24) is 9.97 Å². The lowest BCUT2D eigenvalue weighted by atomic mass is 10.2. The Morgan fingerprint density at radius 1 is 1.47 bits per heavy atom. The van der Waals surface area contributed by atoms with Gasteiger partial charge in [0.2, 0.25) is 0 Å². The molecule has 0 spiro atoms. The molecule has 0 saturated carbocycles. The lowest BCUT2D eigenvalue weighted by molar-refractivity contribution is 0.0693. The van der Waals surface area contributed by atoms with E-state index >= 15 is 0 Å². The van der Waals surface area contributed by atoms with Crippen molar-refractivity contribution in [2.45, 2.75) is 11.8 Å². The third-order valence-corrected chi connectivity index (χ3v) is 2.55. The van der Waals surface area contributed by atoms with Crippen LogP contribution in [0.5, 0.6) is 0 Å². The Morgan fingerprint density at radius 2 is 2.20 bits per heavy atom. The molecule has 2 rings (SSSR count). The van der Waals surface area contributed by atoms with Crippen LogP contribution in [0.2, 0.25) is 0 Å². The van der Waals surface area contributed by atoms with E-state index in [2.05, 4.69) is 22.6 Å². The van der Waals surface area contributed by atoms with Crippen LogP contribution in [0.15, 0.2) is 23.2 Å². The Labute approximate surface area is 91.4 Å². The summed E-state index contributed by atoms with van der Waals surface area (Å²) in [6.07, 6.45) is 1.28. The first-order chi connectivity index (χ1) is 7.09. The van der Waals surface area contributed by atoms with Crippen LogP contribution in [-0.2, 0) is 0 Å². The van der Waals surface area contributed by atoms with Crippen molar-refractivity contribution < 1.29 is 9.90 Å². The van der Waals surface area contributed by atoms with E-state index in [0.717, 1.165) is 5.69 Å². The predicted molar refractivity (Wildman–Crippen MR) is 58.5 cm³/mol. The summed E-state index contributed by atoms with van der Waals surface area (Å²) in [7, 11) is 0. The van der Waals surface area contributed by atoms with Gasteiger partial charge in [0.05, 0.1) is 5.56 Å². The van der Waals surface area contributed by atoms with Gasteiger partial charge in [-0.1, -0.05) is 0 Å². The number of carboxylic acid groups (broad SMARTS) is 1. The number of aryl methyl sites for hydroxylation is 1. The van der Waals surface area contributed by atoms with Gasteiger partial charge < -0.3 is 5.11 Å². The highest BCUT2D eigenvalue weighted by molar-refractivity contribution is 7.80. The molecule has 0 saturated heterocycles. The van der Waals surface area contributed by atoms with Crippen LogP contribution >= 0.6 is 12.6 Å². The van der Waals surface area contributed by atoms with Gasteiger partial charge in [0.25, 0.3) is 0 Å². The largest absolute Gasteiger partial charge is 0.478 e. The molecule has 0 aliphatic carbocycles. The minimum absolute atomic E-state index is 0.0940. The topological polar surface area (TPSA) is 63.1 Å². The van der Waals surface area contributed by atoms with Gasteiger partial charge in [0, 0.05) is 22.2 Å². The first kappa shape index (κ1) is 9.92. The third-order valence-electron chi connectivity index (χ3n) is 2.07. The van der Waals surface area contributed by atoms with E-state index in [0.29, 0.717) is 15.9 Å². The maximum atomic E-state index is 10.8. The van der Waals surface area contributed by atoms with Crippen LogP contribution in [-0.4, -0.2) is 21.0 Å². The zero-order valence-electron chi connectivity index (χ0n) is 7.93. The molecule has 0 fully saturated rings. The first-order valence-electron chi connectivity index (χ1n) is 4.28. The predicted octanol–water partition coefficient (Wildman–Crippen LogP) is 1.93. The molecule has 0 aliphatic heterocycles. The zero-order valence-corrected chi connectivity index (χ0v) is 8.82. The average Bonchev–Trinajstić information content (AvgIpc) is 2.17. The van der Waals surface area contributed by atoms with Crippen LogP contribution in [0.25, 0.3) is 11.0 Å². The van der Waals surface area contributed by atoms with Crippen LogP contribution in [0.4, 0.5) is 0 Å². The Morgan fingerprint density at radius 3 is 2.87 bits per heavy atom. The highest BCUT2D eigenvalue weighted by Gasteiger charge is 2.11. The molecule has 15 heavy (non-hydrogen) atoms. The molecule has 0 aliphatic rings. The van der Waals surface area contributed by atoms with E-state index in [1.807, 2.05) is 6.92 Å². The molecule has 2 heterocycles. The van der Waals surface area contributed by atoms with Gasteiger partial charge in [-0.3, -0.25) is 0 Å². The normalized spacial score (nSPS) is 10.5. The fourth-order valence-electron chi connectivity index (χ4n) is 1.31. The molecule has 0 unspecified atom stereocenters. The van der Waals surface area contributed by atoms with Crippen LogP contribution in [0.1, 0.15) is 16.1 Å². The summed E-state index contributed by atoms with van der Waals surface area (Å²) < 4.78 is 0. The number of nitrogens with zero attached hydrogens (tertiary/aromatic N) is 2. The highest BCUT2D eigenvalue weighted by Crippen LogP contribution is 2.22. The molecule has 2 aromatic rings. The molecular weight excluding hydrogens is 212 g/mol. The van der Waals surface area contributed by atoms with Gasteiger partial charge in [-0.25, -0.2) is 14.8 Å². The minimum atomic E-state index is -1.03. The quantitative estimate of drug-likeness (QED) is 0.721. The van der Waals surface area contributed by atoms with Gasteiger partial charge >= 0.3 is 5.97 Å². The lowest BCUT2D eigenvalue weighted by Gasteiger charge is -2.03. The second-order valence-electron chi connectivity index (χ2n) is 3.15. The standard InChI is InChI=1S/C10H8N2O2S/c1-5-2-3-6-8(15)7(10(13)14)4-11-9(6)12-5/h2-4H,1H3,(H,13,14)(H,11,12,15). The summed E-state index contributed by atoms with van der Waals surface area (Å²) in [6.45, 7) is 1.85. The molecular formula is C10H8N2O2S. The third kappa shape index (κ3) is 1.66. The van der Waals surface area contributed by atoms with E-state index in [1.165, 1.54) is 6.20 Å². The zero-order chi connectivity index (χ0) is 11.0. The molecule has 5 heteroatoms. The molecule has 1 N–H and O–H groups in total. The first-order valence-corrected chi connectivity index (χ1v) is 4.73. The summed E-state index contributed by atoms with van der Waals surface area (Å²) in [6, 6.07) is 3.58. The van der Waals surface area contributed by atoms with Crippen LogP contribution in [0, 0.1) is 6.92 Å². The summed E-state index contributed by atoms with van der Waals surface area (Å²) in [4.78, 5) is 19.4. The SMILES string of the molecule is Cc1ccc2c(S)c(C(=O)O)cnc2n1. The fourth-order valence-corrected chi connectivity index (χ4v) is 1.64. The Balaban J connectivity index is 2.80. The van der Waals surface area contributed by atoms with Crippen molar-refractivity contribution in [1.29, 1.82) is 0 Å². The molecule has 2 aromatic heterocycles. The number of aromatic nitrogens is 2. The van der Waals surface area contributed by atoms with Gasteiger partial charge in [-0.15, -0.1) is 12.6 Å². The highest BCUT2D eigenvalue weighted by atomic mass is 32.1. The number of hydrogen-bond donors (Lipinski definition) is 2. The van der Waals surface area contributed by atoms with Gasteiger partial charge in [0.15, 0.2) is 5.65 Å². The van der Waals surface area contributed by atoms with Crippen molar-refractivity contribution in [3.63, 3.8) is 0 Å². The van der Waals surface area contributed by atoms with Gasteiger partial charge in [-0.05, 0) is 19.1 Å². The molecule has 0 atom stereocenters. The van der Waals surface area contributed by atoms with E-state index in [4.69, 9.17) is 5.11 Å². The van der Waals surface area contributed by atoms with E-state index in [9.17, 15) is 4.79 Å². The van der Waals surface area contributed by atoms with Crippen molar-refractivity contribution in [2.75, 3.05) is 0 Å². The van der Waals surface area contributed by atoms with Crippen molar-refractivity contribution in [3.05, 3.63) is 29.6 Å². The average molecular weight is 220 g/mol. The minimum Gasteiger partial charge on any atom is -0.478 e. The lowest BCUT2D eigenvalue weighted by Crippen LogP contribution is -2.00. The van der Waals surface area contributed by atoms with Crippen molar-refractivity contribution >= 4 is 29.6 Å². The van der Waals surface area contributed by atoms with Crippen LogP contribution < -0.4 is 0 Å². The summed E-state index contributed by atoms with van der Waals surface area (Å²) >= 11 is 4.18. The van der Waals surface area contributed by atoms with Crippen molar-refractivity contribution in [2.24, 2.45) is 0 Å². The molecule has 0 radical (unpaired) electrons. The van der Waals surface area contributed by atoms with E-state index in [1.54, 1.807) is 12.1 Å². The Bertz CT molecular complexity index is 554. The maximum absolute atomic E-state index is 10.8. The molecule has 4 nitrogen and oxygen atoms in total. The van der Waals surface area contributed by atoms with E-state index < -0.39 is 5.97 Å². The summed E-state index contributed by atoms with van der Waals surface area (Å²) in [5.74, 6) is -1.03. The van der Waals surface area contributed by atoms with Gasteiger partial charge in [-0.2, -0.15) is 0 Å². The molecule has 0 aromatic carbocycles. The fraction of sp³-hybridized carbons (Fsp3) is 0.100. The number of rotatable bonds is 1. The maximum Gasteiger partial charge on any atom is 0.338 e. The number of aromatic carboxylic acids is 1. The summed E-state index contributed by atoms with van der Waals surface area (Å²) in [5, 5.41) is 9.53. The number of fused-ring (bicyclic) bond motifs is 1. The second-order valence-corrected chi connectivity index (χ2v) is 3.60. The number of thiol groups is 1. The number of pyridine rings is 2. The smallest absolute Gasteiger partial charge is 0.338 e. The van der Waals surface area contributed by atoms with E-state index in [-0.39, 0.29) is 5.56 Å². The Kier molecular flexibility index (Phi) is 2.32. The van der Waals surface area contributed by atoms with Crippen LogP contribution in [0.3, 0.4) is 0 Å². The molecule has 76 valence electrons.